The van der Waals surface area contributed by atoms with Crippen molar-refractivity contribution in [1.29, 1.82) is 0 Å². The largest absolute Gasteiger partial charge is 0.385 e. The lowest BCUT2D eigenvalue weighted by molar-refractivity contribution is 0.0117. The van der Waals surface area contributed by atoms with E-state index < -0.39 is 5.60 Å². The lowest BCUT2D eigenvalue weighted by Gasteiger charge is -2.39. The number of hydrogen-bond acceptors (Lipinski definition) is 5. The predicted octanol–water partition coefficient (Wildman–Crippen LogP) is 4.24. The number of hydrogen-bond donors (Lipinski definition) is 1. The minimum Gasteiger partial charge on any atom is -0.385 e. The topological polar surface area (TPSA) is 62.1 Å². The molecule has 1 saturated heterocycles. The number of anilines is 1. The van der Waals surface area contributed by atoms with Crippen LogP contribution >= 0.6 is 11.6 Å². The molecule has 0 amide bonds. The lowest BCUT2D eigenvalue weighted by atomic mass is 9.84. The number of rotatable bonds is 4. The molecule has 1 fully saturated rings. The molecule has 0 aliphatic carbocycles. The van der Waals surface area contributed by atoms with Gasteiger partial charge in [-0.3, -0.25) is 4.98 Å². The molecule has 1 N–H and O–H groups in total. The fourth-order valence-corrected chi connectivity index (χ4v) is 3.96. The zero-order chi connectivity index (χ0) is 19.6. The van der Waals surface area contributed by atoms with Gasteiger partial charge in [0.2, 0.25) is 0 Å². The summed E-state index contributed by atoms with van der Waals surface area (Å²) in [6, 6.07) is 15.3. The fraction of sp³-hybridized carbons (Fsp3) is 0.318. The highest BCUT2D eigenvalue weighted by Gasteiger charge is 2.36. The second-order valence-electron chi connectivity index (χ2n) is 7.11. The Morgan fingerprint density at radius 1 is 1.07 bits per heavy atom. The normalized spacial score (nSPS) is 16.2. The van der Waals surface area contributed by atoms with E-state index in [0.29, 0.717) is 36.8 Å². The molecule has 0 bridgehead atoms. The number of aromatic nitrogens is 3. The number of benzene rings is 1. The van der Waals surface area contributed by atoms with Crippen LogP contribution in [-0.2, 0) is 12.0 Å². The number of nitrogens with zero attached hydrogens (tertiary/aromatic N) is 4. The van der Waals surface area contributed by atoms with Gasteiger partial charge in [0, 0.05) is 41.6 Å². The third-order valence-corrected chi connectivity index (χ3v) is 5.64. The van der Waals surface area contributed by atoms with E-state index in [0.717, 1.165) is 29.2 Å². The summed E-state index contributed by atoms with van der Waals surface area (Å²) < 4.78 is 0. The highest BCUT2D eigenvalue weighted by atomic mass is 35.5. The van der Waals surface area contributed by atoms with Gasteiger partial charge in [0.15, 0.2) is 5.82 Å². The van der Waals surface area contributed by atoms with Crippen LogP contribution in [0.2, 0.25) is 5.02 Å². The summed E-state index contributed by atoms with van der Waals surface area (Å²) in [5.41, 5.74) is 1.66. The minimum atomic E-state index is -0.903. The molecule has 1 aromatic carbocycles. The highest BCUT2D eigenvalue weighted by molar-refractivity contribution is 6.31. The van der Waals surface area contributed by atoms with Crippen LogP contribution in [0.4, 0.5) is 5.82 Å². The molecule has 3 heterocycles. The van der Waals surface area contributed by atoms with Crippen LogP contribution in [0, 0.1) is 0 Å². The maximum atomic E-state index is 11.2. The molecule has 28 heavy (non-hydrogen) atoms. The Hall–Kier alpha value is -2.50. The summed E-state index contributed by atoms with van der Waals surface area (Å²) in [4.78, 5) is 16.0. The molecule has 1 aliphatic rings. The number of pyridine rings is 1. The first-order chi connectivity index (χ1) is 13.6. The van der Waals surface area contributed by atoms with E-state index in [-0.39, 0.29) is 0 Å². The first kappa shape index (κ1) is 18.8. The summed E-state index contributed by atoms with van der Waals surface area (Å²) in [5.74, 6) is 1.52. The van der Waals surface area contributed by atoms with Crippen LogP contribution in [0.5, 0.6) is 0 Å². The molecular weight excluding hydrogens is 372 g/mol. The van der Waals surface area contributed by atoms with Crippen LogP contribution < -0.4 is 4.90 Å². The Kier molecular flexibility index (Phi) is 5.29. The summed E-state index contributed by atoms with van der Waals surface area (Å²) in [6.07, 6.45) is 3.77. The van der Waals surface area contributed by atoms with Crippen molar-refractivity contribution in [1.82, 2.24) is 15.0 Å². The SMILES string of the molecule is CCc1cc(N2CCC(O)(c3ccccc3Cl)CC2)nc(-c2ccccn2)n1. The monoisotopic (exact) mass is 394 g/mol. The maximum absolute atomic E-state index is 11.2. The minimum absolute atomic E-state index is 0.598. The van der Waals surface area contributed by atoms with Crippen molar-refractivity contribution in [2.24, 2.45) is 0 Å². The van der Waals surface area contributed by atoms with E-state index in [1.54, 1.807) is 6.20 Å². The standard InChI is InChI=1S/C22H23ClN4O/c1-2-16-15-20(26-21(25-16)19-9-5-6-12-24-19)27-13-10-22(28,11-14-27)17-7-3-4-8-18(17)23/h3-9,12,15,28H,2,10-11,13-14H2,1H3. The molecule has 0 unspecified atom stereocenters. The van der Waals surface area contributed by atoms with E-state index in [4.69, 9.17) is 16.6 Å². The van der Waals surface area contributed by atoms with Crippen molar-refractivity contribution in [3.63, 3.8) is 0 Å². The van der Waals surface area contributed by atoms with Gasteiger partial charge in [0.1, 0.15) is 11.5 Å². The van der Waals surface area contributed by atoms with E-state index in [1.165, 1.54) is 0 Å². The van der Waals surface area contributed by atoms with Gasteiger partial charge in [-0.15, -0.1) is 0 Å². The van der Waals surface area contributed by atoms with Crippen molar-refractivity contribution in [2.45, 2.75) is 31.8 Å². The van der Waals surface area contributed by atoms with Gasteiger partial charge in [-0.1, -0.05) is 42.8 Å². The summed E-state index contributed by atoms with van der Waals surface area (Å²) >= 11 is 6.33. The summed E-state index contributed by atoms with van der Waals surface area (Å²) in [6.45, 7) is 3.48. The second-order valence-corrected chi connectivity index (χ2v) is 7.52. The van der Waals surface area contributed by atoms with E-state index in [1.807, 2.05) is 48.5 Å². The molecule has 5 nitrogen and oxygen atoms in total. The zero-order valence-corrected chi connectivity index (χ0v) is 16.6. The molecular formula is C22H23ClN4O. The number of halogens is 1. The van der Waals surface area contributed by atoms with E-state index >= 15 is 0 Å². The number of aliphatic hydroxyl groups is 1. The van der Waals surface area contributed by atoms with Gasteiger partial charge in [-0.2, -0.15) is 0 Å². The third kappa shape index (κ3) is 3.73. The van der Waals surface area contributed by atoms with Gasteiger partial charge in [0.05, 0.1) is 5.60 Å². The molecule has 0 radical (unpaired) electrons. The Morgan fingerprint density at radius 3 is 2.50 bits per heavy atom. The zero-order valence-electron chi connectivity index (χ0n) is 15.8. The number of piperidine rings is 1. The van der Waals surface area contributed by atoms with Gasteiger partial charge < -0.3 is 10.0 Å². The lowest BCUT2D eigenvalue weighted by Crippen LogP contribution is -2.43. The first-order valence-corrected chi connectivity index (χ1v) is 9.98. The molecule has 1 aliphatic heterocycles. The molecule has 0 saturated carbocycles. The molecule has 6 heteroatoms. The fourth-order valence-electron chi connectivity index (χ4n) is 3.65. The van der Waals surface area contributed by atoms with Crippen LogP contribution in [0.3, 0.4) is 0 Å². The molecule has 0 atom stereocenters. The summed E-state index contributed by atoms with van der Waals surface area (Å²) in [7, 11) is 0. The van der Waals surface area contributed by atoms with Crippen LogP contribution in [0.25, 0.3) is 11.5 Å². The van der Waals surface area contributed by atoms with Crippen LogP contribution in [0.1, 0.15) is 31.0 Å². The number of aryl methyl sites for hydroxylation is 1. The highest BCUT2D eigenvalue weighted by Crippen LogP contribution is 2.37. The molecule has 3 aromatic rings. The van der Waals surface area contributed by atoms with Gasteiger partial charge >= 0.3 is 0 Å². The van der Waals surface area contributed by atoms with Crippen molar-refractivity contribution < 1.29 is 5.11 Å². The second kappa shape index (κ2) is 7.86. The van der Waals surface area contributed by atoms with Crippen molar-refractivity contribution in [3.8, 4) is 11.5 Å². The predicted molar refractivity (Wildman–Crippen MR) is 111 cm³/mol. The van der Waals surface area contributed by atoms with Crippen molar-refractivity contribution >= 4 is 17.4 Å². The Morgan fingerprint density at radius 2 is 1.82 bits per heavy atom. The van der Waals surface area contributed by atoms with Gasteiger partial charge in [-0.25, -0.2) is 9.97 Å². The average Bonchev–Trinajstić information content (AvgIpc) is 2.75. The Bertz CT molecular complexity index is 956. The van der Waals surface area contributed by atoms with Crippen LogP contribution in [0.15, 0.2) is 54.7 Å². The summed E-state index contributed by atoms with van der Waals surface area (Å²) in [5, 5.41) is 11.8. The average molecular weight is 395 g/mol. The van der Waals surface area contributed by atoms with Crippen molar-refractivity contribution in [2.75, 3.05) is 18.0 Å². The molecule has 144 valence electrons. The van der Waals surface area contributed by atoms with E-state index in [2.05, 4.69) is 21.8 Å². The van der Waals surface area contributed by atoms with Gasteiger partial charge in [0.25, 0.3) is 0 Å². The molecule has 4 rings (SSSR count). The molecule has 2 aromatic heterocycles. The van der Waals surface area contributed by atoms with E-state index in [9.17, 15) is 5.11 Å². The first-order valence-electron chi connectivity index (χ1n) is 9.61. The maximum Gasteiger partial charge on any atom is 0.180 e. The smallest absolute Gasteiger partial charge is 0.180 e. The quantitative estimate of drug-likeness (QED) is 0.717. The van der Waals surface area contributed by atoms with Gasteiger partial charge in [-0.05, 0) is 37.5 Å². The molecule has 0 spiro atoms. The van der Waals surface area contributed by atoms with Crippen LogP contribution in [-0.4, -0.2) is 33.1 Å². The Balaban J connectivity index is 1.59. The van der Waals surface area contributed by atoms with Crippen molar-refractivity contribution in [3.05, 3.63) is 71.0 Å². The Labute approximate surface area is 170 Å². The third-order valence-electron chi connectivity index (χ3n) is 5.31.